The number of Topliss-reactive ketones (excluding diaryl/α,β-unsaturated/α-hetero) is 1. The summed E-state index contributed by atoms with van der Waals surface area (Å²) in [5.41, 5.74) is 1.52. The molecular weight excluding hydrogens is 374 g/mol. The number of aryl methyl sites for hydroxylation is 1. The molecule has 0 unspecified atom stereocenters. The molecule has 1 aromatic carbocycles. The Hall–Kier alpha value is -3.42. The van der Waals surface area contributed by atoms with Crippen LogP contribution in [0.2, 0.25) is 0 Å². The van der Waals surface area contributed by atoms with Crippen LogP contribution < -0.4 is 5.32 Å². The molecule has 0 saturated carbocycles. The third kappa shape index (κ3) is 3.65. The molecule has 3 amide bonds. The zero-order valence-electron chi connectivity index (χ0n) is 16.8. The first-order valence-electron chi connectivity index (χ1n) is 9.16. The Labute approximate surface area is 168 Å². The molecule has 0 radical (unpaired) electrons. The van der Waals surface area contributed by atoms with Crippen LogP contribution in [0.1, 0.15) is 34.2 Å². The van der Waals surface area contributed by atoms with Gasteiger partial charge in [-0.1, -0.05) is 30.3 Å². The van der Waals surface area contributed by atoms with E-state index in [0.717, 1.165) is 16.3 Å². The summed E-state index contributed by atoms with van der Waals surface area (Å²) < 4.78 is 6.89. The van der Waals surface area contributed by atoms with Gasteiger partial charge < -0.3 is 14.6 Å². The first-order chi connectivity index (χ1) is 13.6. The predicted molar refractivity (Wildman–Crippen MR) is 104 cm³/mol. The molecule has 1 fully saturated rings. The van der Waals surface area contributed by atoms with Crippen molar-refractivity contribution in [3.05, 3.63) is 58.9 Å². The van der Waals surface area contributed by atoms with Gasteiger partial charge in [-0.3, -0.25) is 19.3 Å². The minimum atomic E-state index is -1.26. The average Bonchev–Trinajstić information content (AvgIpc) is 3.09. The molecule has 8 nitrogen and oxygen atoms in total. The van der Waals surface area contributed by atoms with Crippen molar-refractivity contribution in [1.29, 1.82) is 0 Å². The van der Waals surface area contributed by atoms with Crippen LogP contribution in [0.5, 0.6) is 0 Å². The Balaban J connectivity index is 1.63. The number of carbonyl (C=O) groups is 4. The maximum atomic E-state index is 12.8. The molecule has 0 spiro atoms. The van der Waals surface area contributed by atoms with Crippen LogP contribution >= 0.6 is 0 Å². The number of amides is 3. The maximum Gasteiger partial charge on any atom is 0.326 e. The highest BCUT2D eigenvalue weighted by Gasteiger charge is 2.49. The van der Waals surface area contributed by atoms with E-state index < -0.39 is 36.6 Å². The molecular formula is C21H23N3O5. The molecule has 1 atom stereocenters. The molecule has 2 aromatic rings. The zero-order valence-corrected chi connectivity index (χ0v) is 16.8. The number of imide groups is 1. The first kappa shape index (κ1) is 20.3. The number of esters is 1. The third-order valence-electron chi connectivity index (χ3n) is 5.35. The van der Waals surface area contributed by atoms with E-state index in [1.165, 1.54) is 0 Å². The molecule has 1 aliphatic heterocycles. The lowest BCUT2D eigenvalue weighted by Gasteiger charge is -2.21. The number of aromatic nitrogens is 1. The first-order valence-corrected chi connectivity index (χ1v) is 9.16. The SMILES string of the molecule is Cc1cc(C(=O)COC(=O)CN2C(=O)N[C@@](C)(c3ccccc3)C2=O)c(C)n1C. The molecule has 1 saturated heterocycles. The Kier molecular flexibility index (Phi) is 5.28. The fourth-order valence-corrected chi connectivity index (χ4v) is 3.34. The lowest BCUT2D eigenvalue weighted by molar-refractivity contribution is -0.146. The van der Waals surface area contributed by atoms with E-state index in [0.29, 0.717) is 11.1 Å². The summed E-state index contributed by atoms with van der Waals surface area (Å²) >= 11 is 0. The second-order valence-corrected chi connectivity index (χ2v) is 7.24. The Bertz CT molecular complexity index is 995. The Morgan fingerprint density at radius 3 is 2.38 bits per heavy atom. The Morgan fingerprint density at radius 1 is 1.14 bits per heavy atom. The van der Waals surface area contributed by atoms with Crippen LogP contribution in [-0.2, 0) is 26.9 Å². The van der Waals surface area contributed by atoms with E-state index in [-0.39, 0.29) is 5.78 Å². The number of ether oxygens (including phenoxy) is 1. The Morgan fingerprint density at radius 2 is 1.79 bits per heavy atom. The minimum absolute atomic E-state index is 0.342. The minimum Gasteiger partial charge on any atom is -0.456 e. The van der Waals surface area contributed by atoms with Gasteiger partial charge in [0.05, 0.1) is 0 Å². The number of hydrogen-bond acceptors (Lipinski definition) is 5. The topological polar surface area (TPSA) is 97.7 Å². The second kappa shape index (κ2) is 7.54. The number of ketones is 1. The number of nitrogens with zero attached hydrogens (tertiary/aromatic N) is 2. The maximum absolute atomic E-state index is 12.8. The van der Waals surface area contributed by atoms with Gasteiger partial charge in [0.2, 0.25) is 5.78 Å². The van der Waals surface area contributed by atoms with Crippen LogP contribution in [0.4, 0.5) is 4.79 Å². The number of benzene rings is 1. The standard InChI is InChI=1S/C21H23N3O5/c1-13-10-16(14(2)23(13)4)17(25)12-29-18(26)11-24-19(27)21(3,22-20(24)28)15-8-6-5-7-9-15/h5-10H,11-12H2,1-4H3,(H,22,28)/t21-/m0/s1. The van der Waals surface area contributed by atoms with Gasteiger partial charge in [-0.2, -0.15) is 0 Å². The normalized spacial score (nSPS) is 18.7. The summed E-state index contributed by atoms with van der Waals surface area (Å²) in [6, 6.07) is 9.82. The van der Waals surface area contributed by atoms with Gasteiger partial charge >= 0.3 is 12.0 Å². The van der Waals surface area contributed by atoms with Crippen LogP contribution in [0.25, 0.3) is 0 Å². The van der Waals surface area contributed by atoms with Gasteiger partial charge in [0.15, 0.2) is 6.61 Å². The highest BCUT2D eigenvalue weighted by atomic mass is 16.5. The van der Waals surface area contributed by atoms with Crippen molar-refractivity contribution in [1.82, 2.24) is 14.8 Å². The fraction of sp³-hybridized carbons (Fsp3) is 0.333. The smallest absolute Gasteiger partial charge is 0.326 e. The summed E-state index contributed by atoms with van der Waals surface area (Å²) in [7, 11) is 1.84. The van der Waals surface area contributed by atoms with Gasteiger partial charge in [-0.05, 0) is 32.4 Å². The van der Waals surface area contributed by atoms with Gasteiger partial charge in [0.1, 0.15) is 12.1 Å². The van der Waals surface area contributed by atoms with E-state index in [4.69, 9.17) is 4.74 Å². The molecule has 1 N–H and O–H groups in total. The van der Waals surface area contributed by atoms with Gasteiger partial charge in [-0.25, -0.2) is 4.79 Å². The van der Waals surface area contributed by atoms with Crippen molar-refractivity contribution in [2.45, 2.75) is 26.3 Å². The molecule has 2 heterocycles. The van der Waals surface area contributed by atoms with E-state index in [1.807, 2.05) is 18.5 Å². The van der Waals surface area contributed by atoms with Gasteiger partial charge in [0.25, 0.3) is 5.91 Å². The lowest BCUT2D eigenvalue weighted by atomic mass is 9.92. The van der Waals surface area contributed by atoms with Crippen LogP contribution in [0.15, 0.2) is 36.4 Å². The summed E-state index contributed by atoms with van der Waals surface area (Å²) in [6.07, 6.45) is 0. The number of hydrogen-bond donors (Lipinski definition) is 1. The largest absolute Gasteiger partial charge is 0.456 e. The predicted octanol–water partition coefficient (Wildman–Crippen LogP) is 1.84. The summed E-state index contributed by atoms with van der Waals surface area (Å²) in [5.74, 6) is -1.72. The lowest BCUT2D eigenvalue weighted by Crippen LogP contribution is -2.41. The molecule has 0 bridgehead atoms. The van der Waals surface area contributed by atoms with Crippen molar-refractivity contribution >= 4 is 23.7 Å². The highest BCUT2D eigenvalue weighted by molar-refractivity contribution is 6.09. The highest BCUT2D eigenvalue weighted by Crippen LogP contribution is 2.28. The number of nitrogens with one attached hydrogen (secondary N) is 1. The van der Waals surface area contributed by atoms with Crippen LogP contribution in [0.3, 0.4) is 0 Å². The fourth-order valence-electron chi connectivity index (χ4n) is 3.34. The monoisotopic (exact) mass is 397 g/mol. The number of rotatable bonds is 6. The zero-order chi connectivity index (χ0) is 21.3. The molecule has 1 aromatic heterocycles. The number of carbonyl (C=O) groups excluding carboxylic acids is 4. The third-order valence-corrected chi connectivity index (χ3v) is 5.35. The average molecular weight is 397 g/mol. The van der Waals surface area contributed by atoms with E-state index >= 15 is 0 Å². The summed E-state index contributed by atoms with van der Waals surface area (Å²) in [6.45, 7) is 4.24. The van der Waals surface area contributed by atoms with E-state index in [2.05, 4.69) is 5.32 Å². The van der Waals surface area contributed by atoms with Crippen LogP contribution in [-0.4, -0.2) is 46.3 Å². The molecule has 152 valence electrons. The van der Waals surface area contributed by atoms with Crippen molar-refractivity contribution in [3.63, 3.8) is 0 Å². The molecule has 29 heavy (non-hydrogen) atoms. The number of urea groups is 1. The summed E-state index contributed by atoms with van der Waals surface area (Å²) in [4.78, 5) is 50.4. The summed E-state index contributed by atoms with van der Waals surface area (Å²) in [5, 5.41) is 2.62. The second-order valence-electron chi connectivity index (χ2n) is 7.24. The van der Waals surface area contributed by atoms with Crippen molar-refractivity contribution in [2.24, 2.45) is 7.05 Å². The van der Waals surface area contributed by atoms with Crippen molar-refractivity contribution in [2.75, 3.05) is 13.2 Å². The molecule has 8 heteroatoms. The van der Waals surface area contributed by atoms with Crippen molar-refractivity contribution < 1.29 is 23.9 Å². The van der Waals surface area contributed by atoms with Gasteiger partial charge in [-0.15, -0.1) is 0 Å². The molecule has 1 aliphatic rings. The van der Waals surface area contributed by atoms with E-state index in [9.17, 15) is 19.2 Å². The van der Waals surface area contributed by atoms with Crippen LogP contribution in [0, 0.1) is 13.8 Å². The van der Waals surface area contributed by atoms with Gasteiger partial charge in [0, 0.05) is 24.0 Å². The van der Waals surface area contributed by atoms with Crippen molar-refractivity contribution in [3.8, 4) is 0 Å². The molecule has 3 rings (SSSR count). The van der Waals surface area contributed by atoms with E-state index in [1.54, 1.807) is 50.2 Å². The quantitative estimate of drug-likeness (QED) is 0.456. The molecule has 0 aliphatic carbocycles.